The molecule has 0 aliphatic carbocycles. The molecule has 26 heavy (non-hydrogen) atoms. The Morgan fingerprint density at radius 1 is 1.19 bits per heavy atom. The summed E-state index contributed by atoms with van der Waals surface area (Å²) in [5.74, 6) is 0.829. The quantitative estimate of drug-likeness (QED) is 0.630. The summed E-state index contributed by atoms with van der Waals surface area (Å²) in [4.78, 5) is 24.7. The molecule has 2 fully saturated rings. The molecule has 0 bridgehead atoms. The van der Waals surface area contributed by atoms with E-state index >= 15 is 0 Å². The van der Waals surface area contributed by atoms with E-state index in [1.165, 1.54) is 12.1 Å². The Bertz CT molecular complexity index is 622. The number of carbonyl (C=O) groups is 1. The van der Waals surface area contributed by atoms with E-state index in [0.29, 0.717) is 32.1 Å². The summed E-state index contributed by atoms with van der Waals surface area (Å²) in [5.41, 5.74) is 6.23. The van der Waals surface area contributed by atoms with Gasteiger partial charge in [0.2, 0.25) is 5.91 Å². The molecule has 1 amide bonds. The van der Waals surface area contributed by atoms with Crippen molar-refractivity contribution in [2.45, 2.75) is 37.8 Å². The van der Waals surface area contributed by atoms with Crippen molar-refractivity contribution in [3.05, 3.63) is 34.4 Å². The Morgan fingerprint density at radius 3 is 2.38 bits per heavy atom. The van der Waals surface area contributed by atoms with E-state index in [0.717, 1.165) is 25.7 Å². The van der Waals surface area contributed by atoms with Crippen molar-refractivity contribution in [1.29, 1.82) is 0 Å². The molecular formula is C18H25N3O5. The number of benzene rings is 1. The number of hydrogen-bond donors (Lipinski definition) is 1. The average Bonchev–Trinajstić information content (AvgIpc) is 2.68. The van der Waals surface area contributed by atoms with Gasteiger partial charge in [0, 0.05) is 51.3 Å². The number of ether oxygens (including phenoxy) is 2. The zero-order valence-corrected chi connectivity index (χ0v) is 14.7. The van der Waals surface area contributed by atoms with Crippen LogP contribution in [0.1, 0.15) is 25.7 Å². The summed E-state index contributed by atoms with van der Waals surface area (Å²) in [6.07, 6.45) is 3.13. The van der Waals surface area contributed by atoms with Gasteiger partial charge in [0.1, 0.15) is 11.9 Å². The lowest BCUT2D eigenvalue weighted by atomic mass is 9.91. The van der Waals surface area contributed by atoms with E-state index in [1.807, 2.05) is 4.90 Å². The fourth-order valence-corrected chi connectivity index (χ4v) is 3.52. The van der Waals surface area contributed by atoms with Gasteiger partial charge in [-0.25, -0.2) is 0 Å². The first kappa shape index (κ1) is 18.6. The second kappa shape index (κ2) is 8.46. The largest absolute Gasteiger partial charge is 0.490 e. The maximum Gasteiger partial charge on any atom is 0.269 e. The minimum absolute atomic E-state index is 0.000175. The summed E-state index contributed by atoms with van der Waals surface area (Å²) >= 11 is 0. The van der Waals surface area contributed by atoms with Crippen molar-refractivity contribution < 1.29 is 19.2 Å². The molecule has 8 heteroatoms. The highest BCUT2D eigenvalue weighted by atomic mass is 16.6. The number of nitrogens with two attached hydrogens (primary N) is 1. The summed E-state index contributed by atoms with van der Waals surface area (Å²) in [6.45, 7) is 2.59. The number of likely N-dealkylation sites (tertiary alicyclic amines) is 1. The minimum atomic E-state index is -0.453. The summed E-state index contributed by atoms with van der Waals surface area (Å²) < 4.78 is 11.2. The number of piperidine rings is 1. The molecule has 2 saturated heterocycles. The number of non-ortho nitro benzene ring substituents is 1. The van der Waals surface area contributed by atoms with Gasteiger partial charge in [-0.05, 0) is 30.9 Å². The SMILES string of the molecule is NC(C(=O)N1CCC(Oc2ccc([N+](=O)[O-])cc2)CC1)C1CCOCC1. The monoisotopic (exact) mass is 363 g/mol. The highest BCUT2D eigenvalue weighted by Gasteiger charge is 2.32. The van der Waals surface area contributed by atoms with E-state index in [4.69, 9.17) is 15.2 Å². The van der Waals surface area contributed by atoms with Crippen LogP contribution in [0.3, 0.4) is 0 Å². The smallest absolute Gasteiger partial charge is 0.269 e. The number of carbonyl (C=O) groups excluding carboxylic acids is 1. The maximum atomic E-state index is 12.6. The molecule has 1 unspecified atom stereocenters. The molecule has 2 N–H and O–H groups in total. The van der Waals surface area contributed by atoms with Crippen molar-refractivity contribution in [2.24, 2.45) is 11.7 Å². The van der Waals surface area contributed by atoms with Crippen molar-refractivity contribution >= 4 is 11.6 Å². The minimum Gasteiger partial charge on any atom is -0.490 e. The molecule has 0 radical (unpaired) electrons. The van der Waals surface area contributed by atoms with Crippen LogP contribution in [-0.4, -0.2) is 54.2 Å². The Balaban J connectivity index is 1.47. The average molecular weight is 363 g/mol. The third kappa shape index (κ3) is 4.50. The Kier molecular flexibility index (Phi) is 6.05. The molecule has 0 aromatic heterocycles. The van der Waals surface area contributed by atoms with Gasteiger partial charge >= 0.3 is 0 Å². The van der Waals surface area contributed by atoms with Crippen LogP contribution in [-0.2, 0) is 9.53 Å². The van der Waals surface area contributed by atoms with Crippen LogP contribution >= 0.6 is 0 Å². The van der Waals surface area contributed by atoms with Crippen molar-refractivity contribution in [3.63, 3.8) is 0 Å². The predicted octanol–water partition coefficient (Wildman–Crippen LogP) is 1.72. The van der Waals surface area contributed by atoms with Gasteiger partial charge in [-0.1, -0.05) is 0 Å². The molecule has 1 aromatic rings. The first-order chi connectivity index (χ1) is 12.5. The molecule has 142 valence electrons. The van der Waals surface area contributed by atoms with Gasteiger partial charge in [-0.2, -0.15) is 0 Å². The normalized spacial score (nSPS) is 20.6. The fraction of sp³-hybridized carbons (Fsp3) is 0.611. The van der Waals surface area contributed by atoms with Crippen LogP contribution in [0, 0.1) is 16.0 Å². The van der Waals surface area contributed by atoms with Crippen LogP contribution in [0.5, 0.6) is 5.75 Å². The zero-order valence-electron chi connectivity index (χ0n) is 14.7. The molecule has 0 saturated carbocycles. The molecule has 2 aliphatic heterocycles. The lowest BCUT2D eigenvalue weighted by Gasteiger charge is -2.36. The van der Waals surface area contributed by atoms with Crippen molar-refractivity contribution in [2.75, 3.05) is 26.3 Å². The Hall–Kier alpha value is -2.19. The fourth-order valence-electron chi connectivity index (χ4n) is 3.52. The topological polar surface area (TPSA) is 108 Å². The number of nitro groups is 1. The number of hydrogen-bond acceptors (Lipinski definition) is 6. The molecule has 8 nitrogen and oxygen atoms in total. The maximum absolute atomic E-state index is 12.6. The first-order valence-corrected chi connectivity index (χ1v) is 9.08. The van der Waals surface area contributed by atoms with E-state index in [1.54, 1.807) is 12.1 Å². The van der Waals surface area contributed by atoms with Gasteiger partial charge in [-0.15, -0.1) is 0 Å². The lowest BCUT2D eigenvalue weighted by molar-refractivity contribution is -0.384. The van der Waals surface area contributed by atoms with Gasteiger partial charge in [-0.3, -0.25) is 14.9 Å². The molecular weight excluding hydrogens is 338 g/mol. The summed E-state index contributed by atoms with van der Waals surface area (Å²) in [5, 5.41) is 10.7. The predicted molar refractivity (Wildman–Crippen MR) is 94.8 cm³/mol. The van der Waals surface area contributed by atoms with Crippen LogP contribution in [0.25, 0.3) is 0 Å². The number of nitrogens with zero attached hydrogens (tertiary/aromatic N) is 2. The molecule has 1 atom stereocenters. The van der Waals surface area contributed by atoms with Gasteiger partial charge < -0.3 is 20.1 Å². The Morgan fingerprint density at radius 2 is 1.81 bits per heavy atom. The van der Waals surface area contributed by atoms with Gasteiger partial charge in [0.25, 0.3) is 5.69 Å². The third-order valence-electron chi connectivity index (χ3n) is 5.16. The number of nitro benzene ring substituents is 1. The van der Waals surface area contributed by atoms with Crippen LogP contribution < -0.4 is 10.5 Å². The van der Waals surface area contributed by atoms with E-state index in [9.17, 15) is 14.9 Å². The molecule has 3 rings (SSSR count). The van der Waals surface area contributed by atoms with E-state index in [2.05, 4.69) is 0 Å². The molecule has 2 heterocycles. The molecule has 1 aromatic carbocycles. The van der Waals surface area contributed by atoms with Crippen LogP contribution in [0.2, 0.25) is 0 Å². The second-order valence-corrected chi connectivity index (χ2v) is 6.87. The molecule has 2 aliphatic rings. The number of amides is 1. The van der Waals surface area contributed by atoms with Gasteiger partial charge in [0.05, 0.1) is 11.0 Å². The molecule has 0 spiro atoms. The van der Waals surface area contributed by atoms with Gasteiger partial charge in [0.15, 0.2) is 0 Å². The third-order valence-corrected chi connectivity index (χ3v) is 5.16. The zero-order chi connectivity index (χ0) is 18.5. The van der Waals surface area contributed by atoms with E-state index < -0.39 is 11.0 Å². The standard InChI is InChI=1S/C18H25N3O5/c19-17(13-7-11-25-12-8-13)18(22)20-9-5-16(6-10-20)26-15-3-1-14(2-4-15)21(23)24/h1-4,13,16-17H,5-12,19H2. The first-order valence-electron chi connectivity index (χ1n) is 9.08. The Labute approximate surface area is 152 Å². The van der Waals surface area contributed by atoms with Crippen LogP contribution in [0.4, 0.5) is 5.69 Å². The number of rotatable bonds is 5. The van der Waals surface area contributed by atoms with Crippen LogP contribution in [0.15, 0.2) is 24.3 Å². The van der Waals surface area contributed by atoms with Crippen molar-refractivity contribution in [3.8, 4) is 5.75 Å². The summed E-state index contributed by atoms with van der Waals surface area (Å²) in [7, 11) is 0. The highest BCUT2D eigenvalue weighted by Crippen LogP contribution is 2.24. The summed E-state index contributed by atoms with van der Waals surface area (Å²) in [6, 6.07) is 5.63. The van der Waals surface area contributed by atoms with Crippen molar-refractivity contribution in [1.82, 2.24) is 4.90 Å². The highest BCUT2D eigenvalue weighted by molar-refractivity contribution is 5.82. The van der Waals surface area contributed by atoms with E-state index in [-0.39, 0.29) is 23.6 Å². The lowest BCUT2D eigenvalue weighted by Crippen LogP contribution is -2.52. The second-order valence-electron chi connectivity index (χ2n) is 6.87.